The van der Waals surface area contributed by atoms with Crippen LogP contribution in [0.3, 0.4) is 0 Å². The van der Waals surface area contributed by atoms with Gasteiger partial charge in [-0.15, -0.1) is 0 Å². The first-order valence-electron chi connectivity index (χ1n) is 14.3. The van der Waals surface area contributed by atoms with Crippen LogP contribution >= 0.6 is 0 Å². The van der Waals surface area contributed by atoms with Crippen LogP contribution in [-0.4, -0.2) is 41.5 Å². The van der Waals surface area contributed by atoms with Crippen LogP contribution in [-0.2, 0) is 18.2 Å². The lowest BCUT2D eigenvalue weighted by Gasteiger charge is -2.22. The summed E-state index contributed by atoms with van der Waals surface area (Å²) in [4.78, 5) is 30.5. The molecule has 0 aliphatic heterocycles. The number of nitrogens with zero attached hydrogens (tertiary/aromatic N) is 1. The molecule has 0 saturated heterocycles. The normalized spacial score (nSPS) is 11.9. The molecule has 0 spiro atoms. The maximum atomic E-state index is 14.0. The summed E-state index contributed by atoms with van der Waals surface area (Å²) in [7, 11) is 4.76. The molecule has 6 rings (SSSR count). The minimum Gasteiger partial charge on any atom is -0.507 e. The van der Waals surface area contributed by atoms with Gasteiger partial charge in [0, 0.05) is 35.5 Å². The third-order valence-corrected chi connectivity index (χ3v) is 8.07. The molecule has 1 unspecified atom stereocenters. The SMILES string of the molecule is COc1ccc(C(=O)OCCc2c(C(c3ccccc3)c3c(O)c4ccccc4n(C)c3=O)[nH]c3ccccc23)cc1OC. The van der Waals surface area contributed by atoms with Gasteiger partial charge >= 0.3 is 5.97 Å². The molecule has 0 radical (unpaired) electrons. The fourth-order valence-corrected chi connectivity index (χ4v) is 5.92. The molecule has 0 aliphatic rings. The van der Waals surface area contributed by atoms with Gasteiger partial charge in [-0.05, 0) is 47.5 Å². The molecule has 1 atom stereocenters. The molecule has 0 fully saturated rings. The number of aromatic amines is 1. The quantitative estimate of drug-likeness (QED) is 0.192. The van der Waals surface area contributed by atoms with Gasteiger partial charge in [0.15, 0.2) is 11.5 Å². The van der Waals surface area contributed by atoms with Crippen LogP contribution in [0.15, 0.2) is 102 Å². The highest BCUT2D eigenvalue weighted by Gasteiger charge is 2.30. The Morgan fingerprint density at radius 2 is 1.55 bits per heavy atom. The summed E-state index contributed by atoms with van der Waals surface area (Å²) in [6.07, 6.45) is 0.371. The number of methoxy groups -OCH3 is 2. The predicted molar refractivity (Wildman–Crippen MR) is 170 cm³/mol. The van der Waals surface area contributed by atoms with Gasteiger partial charge in [-0.1, -0.05) is 60.7 Å². The topological polar surface area (TPSA) is 103 Å². The first kappa shape index (κ1) is 28.6. The minimum absolute atomic E-state index is 0.0537. The van der Waals surface area contributed by atoms with Crippen LogP contribution in [0.4, 0.5) is 0 Å². The molecule has 0 saturated carbocycles. The van der Waals surface area contributed by atoms with Gasteiger partial charge in [-0.3, -0.25) is 4.79 Å². The number of H-pyrrole nitrogens is 1. The first-order chi connectivity index (χ1) is 21.4. The third kappa shape index (κ3) is 5.04. The Bertz CT molecular complexity index is 2040. The number of benzene rings is 4. The van der Waals surface area contributed by atoms with Gasteiger partial charge in [-0.2, -0.15) is 0 Å². The molecule has 0 bridgehead atoms. The van der Waals surface area contributed by atoms with Gasteiger partial charge in [0.05, 0.1) is 43.4 Å². The van der Waals surface area contributed by atoms with Crippen molar-refractivity contribution >= 4 is 27.8 Å². The fourth-order valence-electron chi connectivity index (χ4n) is 5.92. The third-order valence-electron chi connectivity index (χ3n) is 8.07. The van der Waals surface area contributed by atoms with Gasteiger partial charge in [0.1, 0.15) is 5.75 Å². The summed E-state index contributed by atoms with van der Waals surface area (Å²) >= 11 is 0. The summed E-state index contributed by atoms with van der Waals surface area (Å²) in [5.41, 5.74) is 4.32. The highest BCUT2D eigenvalue weighted by molar-refractivity contribution is 5.91. The monoisotopic (exact) mass is 588 g/mol. The summed E-state index contributed by atoms with van der Waals surface area (Å²) < 4.78 is 17.9. The van der Waals surface area contributed by atoms with Crippen LogP contribution < -0.4 is 15.0 Å². The molecule has 2 N–H and O–H groups in total. The number of para-hydroxylation sites is 2. The maximum Gasteiger partial charge on any atom is 0.338 e. The molecule has 0 amide bonds. The zero-order chi connectivity index (χ0) is 30.8. The molecule has 0 aliphatic carbocycles. The van der Waals surface area contributed by atoms with Gasteiger partial charge in [0.2, 0.25) is 0 Å². The van der Waals surface area contributed by atoms with E-state index in [0.717, 1.165) is 27.7 Å². The minimum atomic E-state index is -0.622. The number of carbonyl (C=O) groups excluding carboxylic acids is 1. The Labute approximate surface area is 254 Å². The zero-order valence-electron chi connectivity index (χ0n) is 24.7. The second-order valence-electron chi connectivity index (χ2n) is 10.5. The number of aromatic hydroxyl groups is 1. The molecule has 4 aromatic carbocycles. The van der Waals surface area contributed by atoms with E-state index < -0.39 is 11.9 Å². The summed E-state index contributed by atoms with van der Waals surface area (Å²) in [6, 6.07) is 29.7. The number of aryl methyl sites for hydroxylation is 1. The van der Waals surface area contributed by atoms with Crippen molar-refractivity contribution in [2.24, 2.45) is 7.05 Å². The van der Waals surface area contributed by atoms with Crippen LogP contribution in [0.1, 0.15) is 38.7 Å². The number of hydrogen-bond acceptors (Lipinski definition) is 6. The highest BCUT2D eigenvalue weighted by atomic mass is 16.5. The number of carbonyl (C=O) groups is 1. The highest BCUT2D eigenvalue weighted by Crippen LogP contribution is 2.41. The Morgan fingerprint density at radius 3 is 2.30 bits per heavy atom. The van der Waals surface area contributed by atoms with Crippen molar-refractivity contribution < 1.29 is 24.1 Å². The smallest absolute Gasteiger partial charge is 0.338 e. The first-order valence-corrected chi connectivity index (χ1v) is 14.3. The zero-order valence-corrected chi connectivity index (χ0v) is 24.7. The molecule has 2 aromatic heterocycles. The van der Waals surface area contributed by atoms with Crippen LogP contribution in [0, 0.1) is 0 Å². The van der Waals surface area contributed by atoms with Crippen molar-refractivity contribution in [3.05, 3.63) is 135 Å². The second-order valence-corrected chi connectivity index (χ2v) is 10.5. The van der Waals surface area contributed by atoms with E-state index >= 15 is 0 Å². The molecule has 8 heteroatoms. The second kappa shape index (κ2) is 12.0. The summed E-state index contributed by atoms with van der Waals surface area (Å²) in [5, 5.41) is 13.2. The number of hydrogen-bond donors (Lipinski definition) is 2. The average molecular weight is 589 g/mol. The molecule has 222 valence electrons. The van der Waals surface area contributed by atoms with E-state index in [-0.39, 0.29) is 23.5 Å². The number of rotatable bonds is 9. The molecular weight excluding hydrogens is 556 g/mol. The number of aromatic nitrogens is 2. The van der Waals surface area contributed by atoms with Crippen molar-refractivity contribution in [1.29, 1.82) is 0 Å². The van der Waals surface area contributed by atoms with Gasteiger partial charge in [0.25, 0.3) is 5.56 Å². The van der Waals surface area contributed by atoms with Gasteiger partial charge in [-0.25, -0.2) is 4.79 Å². The number of ether oxygens (including phenoxy) is 3. The van der Waals surface area contributed by atoms with E-state index in [2.05, 4.69) is 4.98 Å². The van der Waals surface area contributed by atoms with E-state index in [9.17, 15) is 14.7 Å². The van der Waals surface area contributed by atoms with E-state index in [4.69, 9.17) is 14.2 Å². The van der Waals surface area contributed by atoms with Crippen LogP contribution in [0.2, 0.25) is 0 Å². The summed E-state index contributed by atoms with van der Waals surface area (Å²) in [5.74, 6) is -0.218. The number of fused-ring (bicyclic) bond motifs is 2. The van der Waals surface area contributed by atoms with E-state index in [1.165, 1.54) is 14.2 Å². The average Bonchev–Trinajstić information content (AvgIpc) is 3.43. The van der Waals surface area contributed by atoms with Crippen molar-refractivity contribution in [3.8, 4) is 17.2 Å². The molecule has 44 heavy (non-hydrogen) atoms. The fraction of sp³-hybridized carbons (Fsp3) is 0.167. The lowest BCUT2D eigenvalue weighted by Crippen LogP contribution is -2.25. The van der Waals surface area contributed by atoms with Crippen LogP contribution in [0.25, 0.3) is 21.8 Å². The Morgan fingerprint density at radius 1 is 0.864 bits per heavy atom. The molecule has 2 heterocycles. The van der Waals surface area contributed by atoms with Crippen molar-refractivity contribution in [2.45, 2.75) is 12.3 Å². The lowest BCUT2D eigenvalue weighted by atomic mass is 9.85. The lowest BCUT2D eigenvalue weighted by molar-refractivity contribution is 0.0509. The van der Waals surface area contributed by atoms with Crippen molar-refractivity contribution in [3.63, 3.8) is 0 Å². The Kier molecular flexibility index (Phi) is 7.81. The van der Waals surface area contributed by atoms with E-state index in [1.807, 2.05) is 78.9 Å². The van der Waals surface area contributed by atoms with Crippen LogP contribution in [0.5, 0.6) is 17.2 Å². The maximum absolute atomic E-state index is 14.0. The standard InChI is InChI=1S/C36H32N2O6/c1-38-28-16-10-8-14-26(28)34(39)32(35(38)40)31(22-11-5-4-6-12-22)33-25(24-13-7-9-15-27(24)37-33)19-20-44-36(41)23-17-18-29(42-2)30(21-23)43-3/h4-18,21,31,37,39H,19-20H2,1-3H3. The number of pyridine rings is 1. The van der Waals surface area contributed by atoms with Crippen molar-refractivity contribution in [2.75, 3.05) is 20.8 Å². The largest absolute Gasteiger partial charge is 0.507 e. The number of nitrogens with one attached hydrogen (secondary N) is 1. The molecule has 8 nitrogen and oxygen atoms in total. The molecule has 6 aromatic rings. The number of esters is 1. The summed E-state index contributed by atoms with van der Waals surface area (Å²) in [6.45, 7) is 0.0885. The van der Waals surface area contributed by atoms with Gasteiger partial charge < -0.3 is 28.9 Å². The Balaban J connectivity index is 1.44. The Hall–Kier alpha value is -5.50. The molecular formula is C36H32N2O6. The van der Waals surface area contributed by atoms with E-state index in [0.29, 0.717) is 34.4 Å². The van der Waals surface area contributed by atoms with E-state index in [1.54, 1.807) is 29.8 Å². The predicted octanol–water partition coefficient (Wildman–Crippen LogP) is 6.32. The van der Waals surface area contributed by atoms with Crippen molar-refractivity contribution in [1.82, 2.24) is 9.55 Å².